The summed E-state index contributed by atoms with van der Waals surface area (Å²) < 4.78 is 79.6. The lowest BCUT2D eigenvalue weighted by Crippen LogP contribution is -2.09. The molecule has 188 valence electrons. The van der Waals surface area contributed by atoms with Gasteiger partial charge in [0.05, 0.1) is 42.8 Å². The molecule has 4 N–H and O–H groups in total. The Balaban J connectivity index is 1.98. The summed E-state index contributed by atoms with van der Waals surface area (Å²) in [5, 5.41) is 9.18. The average molecular weight is 526 g/mol. The van der Waals surface area contributed by atoms with Gasteiger partial charge in [0.15, 0.2) is 0 Å². The highest BCUT2D eigenvalue weighted by Crippen LogP contribution is 2.38. The van der Waals surface area contributed by atoms with E-state index in [0.717, 1.165) is 6.07 Å². The lowest BCUT2D eigenvalue weighted by atomic mass is 10.1. The summed E-state index contributed by atoms with van der Waals surface area (Å²) in [7, 11) is -5.83. The Morgan fingerprint density at radius 2 is 1.60 bits per heavy atom. The highest BCUT2D eigenvalue weighted by Gasteiger charge is 2.16. The molecule has 35 heavy (non-hydrogen) atoms. The largest absolute Gasteiger partial charge is 0.495 e. The van der Waals surface area contributed by atoms with Crippen LogP contribution in [-0.2, 0) is 20.2 Å². The maximum Gasteiger partial charge on any atom is 0.294 e. The summed E-state index contributed by atoms with van der Waals surface area (Å²) in [6, 6.07) is 10.2. The SMILES string of the molecule is COc1cc(N=Nc2ccc3c(OCCCS(=O)(=O)O)cc(S(=O)(=O)O)cc3c2)c(OC)cc1N. The normalized spacial score (nSPS) is 12.2. The van der Waals surface area contributed by atoms with E-state index in [2.05, 4.69) is 10.2 Å². The van der Waals surface area contributed by atoms with Crippen LogP contribution >= 0.6 is 0 Å². The van der Waals surface area contributed by atoms with Crippen molar-refractivity contribution >= 4 is 48.1 Å². The standard InChI is InChI=1S/C21H23N3O9S2/c1-31-20-12-18(21(32-2)11-17(20)22)24-23-14-4-5-16-13(8-14)9-15(35(28,29)30)10-19(16)33-6-3-7-34(25,26)27/h4-5,8-12H,3,6-7,22H2,1-2H3,(H,25,26,27)(H,28,29,30). The van der Waals surface area contributed by atoms with Gasteiger partial charge in [-0.2, -0.15) is 21.9 Å². The van der Waals surface area contributed by atoms with E-state index in [0.29, 0.717) is 39.3 Å². The van der Waals surface area contributed by atoms with Crippen molar-refractivity contribution < 1.29 is 40.2 Å². The van der Waals surface area contributed by atoms with Crippen molar-refractivity contribution in [3.63, 3.8) is 0 Å². The zero-order chi connectivity index (χ0) is 25.8. The first kappa shape index (κ1) is 26.2. The minimum atomic E-state index is -4.57. The number of hydrogen-bond donors (Lipinski definition) is 3. The monoisotopic (exact) mass is 525 g/mol. The van der Waals surface area contributed by atoms with Gasteiger partial charge in [-0.25, -0.2) is 0 Å². The summed E-state index contributed by atoms with van der Waals surface area (Å²) >= 11 is 0. The zero-order valence-electron chi connectivity index (χ0n) is 18.7. The third-order valence-corrected chi connectivity index (χ3v) is 6.41. The topological polar surface area (TPSA) is 187 Å². The third kappa shape index (κ3) is 6.79. The molecule has 0 radical (unpaired) electrons. The van der Waals surface area contributed by atoms with Gasteiger partial charge in [-0.15, -0.1) is 5.11 Å². The fourth-order valence-electron chi connectivity index (χ4n) is 3.14. The predicted molar refractivity (Wildman–Crippen MR) is 128 cm³/mol. The van der Waals surface area contributed by atoms with Crippen LogP contribution in [0.25, 0.3) is 10.8 Å². The van der Waals surface area contributed by atoms with Crippen LogP contribution in [0, 0.1) is 0 Å². The number of fused-ring (bicyclic) bond motifs is 1. The highest BCUT2D eigenvalue weighted by molar-refractivity contribution is 7.86. The van der Waals surface area contributed by atoms with Gasteiger partial charge < -0.3 is 19.9 Å². The highest BCUT2D eigenvalue weighted by atomic mass is 32.2. The number of nitrogen functional groups attached to an aromatic ring is 1. The first-order chi connectivity index (χ1) is 16.4. The van der Waals surface area contributed by atoms with E-state index < -0.39 is 30.9 Å². The van der Waals surface area contributed by atoms with E-state index in [1.165, 1.54) is 32.4 Å². The molecule has 14 heteroatoms. The number of nitrogens with two attached hydrogens (primary N) is 1. The van der Waals surface area contributed by atoms with Crippen molar-refractivity contribution in [1.29, 1.82) is 0 Å². The van der Waals surface area contributed by atoms with Crippen LogP contribution in [0.4, 0.5) is 17.1 Å². The smallest absolute Gasteiger partial charge is 0.294 e. The second kappa shape index (κ2) is 10.4. The summed E-state index contributed by atoms with van der Waals surface area (Å²) in [6.45, 7) is -0.121. The second-order valence-corrected chi connectivity index (χ2v) is 10.2. The molecule has 0 aliphatic carbocycles. The molecule has 3 rings (SSSR count). The number of nitrogens with zero attached hydrogens (tertiary/aromatic N) is 2. The summed E-state index contributed by atoms with van der Waals surface area (Å²) in [5.41, 5.74) is 6.92. The number of benzene rings is 3. The maximum absolute atomic E-state index is 11.8. The molecule has 0 heterocycles. The molecular weight excluding hydrogens is 502 g/mol. The van der Waals surface area contributed by atoms with Gasteiger partial charge in [-0.05, 0) is 36.1 Å². The number of azo groups is 1. The second-order valence-electron chi connectivity index (χ2n) is 7.26. The molecule has 0 saturated carbocycles. The molecule has 0 saturated heterocycles. The minimum Gasteiger partial charge on any atom is -0.495 e. The van der Waals surface area contributed by atoms with Crippen LogP contribution in [0.3, 0.4) is 0 Å². The molecule has 0 aromatic heterocycles. The predicted octanol–water partition coefficient (Wildman–Crippen LogP) is 3.76. The molecule has 0 unspecified atom stereocenters. The quantitative estimate of drug-likeness (QED) is 0.152. The zero-order valence-corrected chi connectivity index (χ0v) is 20.3. The molecule has 3 aromatic rings. The Kier molecular flexibility index (Phi) is 7.80. The number of ether oxygens (including phenoxy) is 3. The minimum absolute atomic E-state index is 0.0321. The van der Waals surface area contributed by atoms with Gasteiger partial charge >= 0.3 is 0 Å². The van der Waals surface area contributed by atoms with E-state index >= 15 is 0 Å². The third-order valence-electron chi connectivity index (χ3n) is 4.78. The Labute approximate surface area is 201 Å². The van der Waals surface area contributed by atoms with Crippen molar-refractivity contribution in [2.45, 2.75) is 11.3 Å². The van der Waals surface area contributed by atoms with Gasteiger partial charge in [0.2, 0.25) is 0 Å². The van der Waals surface area contributed by atoms with E-state index in [1.807, 2.05) is 0 Å². The first-order valence-corrected chi connectivity index (χ1v) is 13.0. The van der Waals surface area contributed by atoms with Gasteiger partial charge in [0.1, 0.15) is 22.9 Å². The van der Waals surface area contributed by atoms with Crippen molar-refractivity contribution in [2.75, 3.05) is 32.3 Å². The van der Waals surface area contributed by atoms with Crippen LogP contribution in [0.1, 0.15) is 6.42 Å². The fourth-order valence-corrected chi connectivity index (χ4v) is 4.16. The Bertz CT molecular complexity index is 1490. The molecule has 0 bridgehead atoms. The number of rotatable bonds is 10. The molecule has 0 atom stereocenters. The van der Waals surface area contributed by atoms with E-state index in [4.69, 9.17) is 24.5 Å². The number of hydrogen-bond acceptors (Lipinski definition) is 10. The maximum atomic E-state index is 11.8. The molecule has 0 fully saturated rings. The van der Waals surface area contributed by atoms with Crippen LogP contribution in [-0.4, -0.2) is 52.5 Å². The number of anilines is 1. The molecule has 0 spiro atoms. The van der Waals surface area contributed by atoms with E-state index in [9.17, 15) is 21.4 Å². The fraction of sp³-hybridized carbons (Fsp3) is 0.238. The van der Waals surface area contributed by atoms with Crippen molar-refractivity contribution in [3.8, 4) is 17.2 Å². The van der Waals surface area contributed by atoms with Crippen molar-refractivity contribution in [1.82, 2.24) is 0 Å². The molecule has 0 aliphatic heterocycles. The lowest BCUT2D eigenvalue weighted by molar-refractivity contribution is 0.319. The lowest BCUT2D eigenvalue weighted by Gasteiger charge is -2.11. The average Bonchev–Trinajstić information content (AvgIpc) is 2.79. The Morgan fingerprint density at radius 3 is 2.23 bits per heavy atom. The van der Waals surface area contributed by atoms with Crippen LogP contribution in [0.5, 0.6) is 17.2 Å². The summed E-state index contributed by atoms with van der Waals surface area (Å²) in [6.07, 6.45) is -0.0321. The summed E-state index contributed by atoms with van der Waals surface area (Å²) in [5.74, 6) is 0.320. The first-order valence-electron chi connectivity index (χ1n) is 9.98. The summed E-state index contributed by atoms with van der Waals surface area (Å²) in [4.78, 5) is -0.422. The van der Waals surface area contributed by atoms with Gasteiger partial charge in [0, 0.05) is 23.6 Å². The molecule has 0 aliphatic rings. The van der Waals surface area contributed by atoms with Gasteiger partial charge in [0.25, 0.3) is 20.2 Å². The Morgan fingerprint density at radius 1 is 0.886 bits per heavy atom. The van der Waals surface area contributed by atoms with Crippen molar-refractivity contribution in [3.05, 3.63) is 42.5 Å². The van der Waals surface area contributed by atoms with Gasteiger partial charge in [-0.3, -0.25) is 9.11 Å². The Hall–Kier alpha value is -3.46. The van der Waals surface area contributed by atoms with Crippen molar-refractivity contribution in [2.24, 2.45) is 10.2 Å². The molecule has 3 aromatic carbocycles. The molecular formula is C21H23N3O9S2. The molecule has 0 amide bonds. The van der Waals surface area contributed by atoms with Crippen LogP contribution in [0.2, 0.25) is 0 Å². The van der Waals surface area contributed by atoms with E-state index in [-0.39, 0.29) is 18.8 Å². The van der Waals surface area contributed by atoms with E-state index in [1.54, 1.807) is 18.2 Å². The number of methoxy groups -OCH3 is 2. The van der Waals surface area contributed by atoms with Crippen LogP contribution in [0.15, 0.2) is 57.6 Å². The van der Waals surface area contributed by atoms with Crippen LogP contribution < -0.4 is 19.9 Å². The van der Waals surface area contributed by atoms with Gasteiger partial charge in [-0.1, -0.05) is 0 Å². The molecule has 12 nitrogen and oxygen atoms in total.